The van der Waals surface area contributed by atoms with Gasteiger partial charge in [-0.2, -0.15) is 0 Å². The van der Waals surface area contributed by atoms with Gasteiger partial charge in [-0.3, -0.25) is 14.4 Å². The predicted molar refractivity (Wildman–Crippen MR) is 131 cm³/mol. The number of hydrogen-bond donors (Lipinski definition) is 1. The second-order valence-corrected chi connectivity index (χ2v) is 10.0. The molecule has 0 atom stereocenters. The maximum absolute atomic E-state index is 12.9. The third-order valence-electron chi connectivity index (χ3n) is 6.42. The number of rotatable bonds is 6. The van der Waals surface area contributed by atoms with E-state index in [0.29, 0.717) is 30.2 Å². The topological polar surface area (TPSA) is 98.7 Å². The quantitative estimate of drug-likeness (QED) is 0.649. The molecule has 1 aromatic heterocycles. The number of piperazine rings is 1. The number of hydrogen-bond acceptors (Lipinski definition) is 7. The third kappa shape index (κ3) is 6.11. The summed E-state index contributed by atoms with van der Waals surface area (Å²) in [5.41, 5.74) is 0.546. The number of halogens is 1. The van der Waals surface area contributed by atoms with E-state index >= 15 is 0 Å². The second-order valence-electron chi connectivity index (χ2n) is 8.63. The van der Waals surface area contributed by atoms with Crippen LogP contribution in [0.15, 0.2) is 24.3 Å². The van der Waals surface area contributed by atoms with Gasteiger partial charge in [0.25, 0.3) is 11.8 Å². The van der Waals surface area contributed by atoms with Crippen LogP contribution < -0.4 is 5.32 Å². The van der Waals surface area contributed by atoms with Crippen molar-refractivity contribution < 1.29 is 14.4 Å². The van der Waals surface area contributed by atoms with Gasteiger partial charge in [0.1, 0.15) is 0 Å². The van der Waals surface area contributed by atoms with Gasteiger partial charge in [-0.15, -0.1) is 10.2 Å². The third-order valence-corrected chi connectivity index (χ3v) is 7.57. The highest BCUT2D eigenvalue weighted by Crippen LogP contribution is 2.24. The molecule has 0 spiro atoms. The molecule has 0 bridgehead atoms. The van der Waals surface area contributed by atoms with Crippen LogP contribution in [0.3, 0.4) is 0 Å². The SMILES string of the molecule is CCN1CCN(C(=O)CC2CCN(C(=O)c3nnc(C(=O)Nc4cccc(Cl)c4)s3)CC2)CC1. The van der Waals surface area contributed by atoms with Crippen molar-refractivity contribution in [2.24, 2.45) is 5.92 Å². The molecule has 9 nitrogen and oxygen atoms in total. The van der Waals surface area contributed by atoms with Crippen molar-refractivity contribution in [1.29, 1.82) is 0 Å². The number of piperidine rings is 1. The zero-order valence-corrected chi connectivity index (χ0v) is 20.8. The monoisotopic (exact) mass is 504 g/mol. The van der Waals surface area contributed by atoms with E-state index < -0.39 is 5.91 Å². The summed E-state index contributed by atoms with van der Waals surface area (Å²) in [6.45, 7) is 7.80. The van der Waals surface area contributed by atoms with Crippen molar-refractivity contribution in [3.05, 3.63) is 39.3 Å². The Balaban J connectivity index is 1.25. The van der Waals surface area contributed by atoms with E-state index in [2.05, 4.69) is 27.3 Å². The summed E-state index contributed by atoms with van der Waals surface area (Å²) in [5.74, 6) is -0.148. The smallest absolute Gasteiger partial charge is 0.286 e. The van der Waals surface area contributed by atoms with E-state index in [1.165, 1.54) is 0 Å². The lowest BCUT2D eigenvalue weighted by molar-refractivity contribution is -0.134. The van der Waals surface area contributed by atoms with Crippen molar-refractivity contribution in [3.63, 3.8) is 0 Å². The van der Waals surface area contributed by atoms with E-state index in [0.717, 1.165) is 56.9 Å². The highest BCUT2D eigenvalue weighted by Gasteiger charge is 2.29. The van der Waals surface area contributed by atoms with E-state index in [1.54, 1.807) is 29.2 Å². The van der Waals surface area contributed by atoms with E-state index in [1.807, 2.05) is 4.90 Å². The molecular formula is C23H29ClN6O3S. The Bertz CT molecular complexity index is 1030. The van der Waals surface area contributed by atoms with Gasteiger partial charge in [-0.05, 0) is 43.5 Å². The molecule has 182 valence electrons. The fourth-order valence-corrected chi connectivity index (χ4v) is 5.21. The van der Waals surface area contributed by atoms with Gasteiger partial charge in [-0.25, -0.2) is 0 Å². The molecule has 2 aliphatic rings. The molecule has 3 amide bonds. The minimum absolute atomic E-state index is 0.118. The highest BCUT2D eigenvalue weighted by atomic mass is 35.5. The molecule has 2 fully saturated rings. The van der Waals surface area contributed by atoms with Gasteiger partial charge in [0, 0.05) is 56.4 Å². The summed E-state index contributed by atoms with van der Waals surface area (Å²) >= 11 is 6.92. The van der Waals surface area contributed by atoms with Crippen LogP contribution in [0.4, 0.5) is 5.69 Å². The number of amides is 3. The molecule has 1 N–H and O–H groups in total. The molecule has 0 radical (unpaired) electrons. The number of nitrogens with zero attached hydrogens (tertiary/aromatic N) is 5. The van der Waals surface area contributed by atoms with Crippen molar-refractivity contribution in [2.75, 3.05) is 51.1 Å². The molecule has 2 aromatic rings. The molecule has 2 saturated heterocycles. The molecule has 0 unspecified atom stereocenters. The van der Waals surface area contributed by atoms with Crippen LogP contribution in [0.5, 0.6) is 0 Å². The summed E-state index contributed by atoms with van der Waals surface area (Å²) in [5, 5.41) is 11.4. The molecular weight excluding hydrogens is 476 g/mol. The Kier molecular flexibility index (Phi) is 8.12. The molecule has 1 aromatic carbocycles. The first-order chi connectivity index (χ1) is 16.4. The largest absolute Gasteiger partial charge is 0.340 e. The van der Waals surface area contributed by atoms with E-state index in [4.69, 9.17) is 11.6 Å². The summed E-state index contributed by atoms with van der Waals surface area (Å²) < 4.78 is 0. The second kappa shape index (κ2) is 11.2. The van der Waals surface area contributed by atoms with Crippen LogP contribution in [-0.4, -0.2) is 88.4 Å². The van der Waals surface area contributed by atoms with Gasteiger partial charge in [-0.1, -0.05) is 35.9 Å². The first-order valence-corrected chi connectivity index (χ1v) is 12.8. The number of likely N-dealkylation sites (N-methyl/N-ethyl adjacent to an activating group) is 1. The number of benzene rings is 1. The Morgan fingerprint density at radius 3 is 2.41 bits per heavy atom. The number of anilines is 1. The molecule has 0 saturated carbocycles. The Morgan fingerprint density at radius 1 is 1.03 bits per heavy atom. The van der Waals surface area contributed by atoms with Crippen molar-refractivity contribution >= 4 is 46.3 Å². The van der Waals surface area contributed by atoms with Crippen molar-refractivity contribution in [2.45, 2.75) is 26.2 Å². The summed E-state index contributed by atoms with van der Waals surface area (Å²) in [7, 11) is 0. The van der Waals surface area contributed by atoms with Crippen LogP contribution in [0.25, 0.3) is 0 Å². The standard InChI is InChI=1S/C23H29ClN6O3S/c1-2-28-10-12-29(13-11-28)19(31)14-16-6-8-30(9-7-16)23(33)22-27-26-21(34-22)20(32)25-18-5-3-4-17(24)15-18/h3-5,15-16H,2,6-14H2,1H3,(H,25,32). The van der Waals surface area contributed by atoms with Crippen LogP contribution in [0.1, 0.15) is 45.8 Å². The lowest BCUT2D eigenvalue weighted by Crippen LogP contribution is -2.49. The summed E-state index contributed by atoms with van der Waals surface area (Å²) in [4.78, 5) is 44.1. The van der Waals surface area contributed by atoms with Gasteiger partial charge < -0.3 is 20.0 Å². The molecule has 2 aliphatic heterocycles. The number of carbonyl (C=O) groups excluding carboxylic acids is 3. The number of nitrogens with one attached hydrogen (secondary N) is 1. The van der Waals surface area contributed by atoms with Crippen LogP contribution in [-0.2, 0) is 4.79 Å². The summed E-state index contributed by atoms with van der Waals surface area (Å²) in [6, 6.07) is 6.80. The number of carbonyl (C=O) groups is 3. The minimum atomic E-state index is -0.434. The molecule has 3 heterocycles. The molecule has 4 rings (SSSR count). The highest BCUT2D eigenvalue weighted by molar-refractivity contribution is 7.15. The maximum Gasteiger partial charge on any atom is 0.286 e. The van der Waals surface area contributed by atoms with Crippen molar-refractivity contribution in [3.8, 4) is 0 Å². The first kappa shape index (κ1) is 24.6. The fourth-order valence-electron chi connectivity index (χ4n) is 4.32. The Labute approximate surface area is 208 Å². The van der Waals surface area contributed by atoms with Crippen LogP contribution in [0.2, 0.25) is 5.02 Å². The van der Waals surface area contributed by atoms with Gasteiger partial charge in [0.2, 0.25) is 15.9 Å². The molecule has 34 heavy (non-hydrogen) atoms. The summed E-state index contributed by atoms with van der Waals surface area (Å²) in [6.07, 6.45) is 2.11. The number of likely N-dealkylation sites (tertiary alicyclic amines) is 1. The first-order valence-electron chi connectivity index (χ1n) is 11.6. The lowest BCUT2D eigenvalue weighted by atomic mass is 9.93. The fraction of sp³-hybridized carbons (Fsp3) is 0.522. The van der Waals surface area contributed by atoms with Gasteiger partial charge in [0.15, 0.2) is 0 Å². The van der Waals surface area contributed by atoms with Crippen LogP contribution in [0, 0.1) is 5.92 Å². The maximum atomic E-state index is 12.9. The zero-order valence-electron chi connectivity index (χ0n) is 19.2. The van der Waals surface area contributed by atoms with E-state index in [9.17, 15) is 14.4 Å². The Morgan fingerprint density at radius 2 is 1.74 bits per heavy atom. The van der Waals surface area contributed by atoms with E-state index in [-0.39, 0.29) is 27.7 Å². The minimum Gasteiger partial charge on any atom is -0.340 e. The number of aromatic nitrogens is 2. The van der Waals surface area contributed by atoms with Gasteiger partial charge >= 0.3 is 0 Å². The average molecular weight is 505 g/mol. The lowest BCUT2D eigenvalue weighted by Gasteiger charge is -2.36. The van der Waals surface area contributed by atoms with Gasteiger partial charge in [0.05, 0.1) is 0 Å². The normalized spacial score (nSPS) is 17.6. The average Bonchev–Trinajstić information content (AvgIpc) is 3.35. The van der Waals surface area contributed by atoms with Crippen LogP contribution >= 0.6 is 22.9 Å². The molecule has 11 heteroatoms. The predicted octanol–water partition coefficient (Wildman–Crippen LogP) is 2.85. The zero-order chi connectivity index (χ0) is 24.1. The Hall–Kier alpha value is -2.56. The molecule has 0 aliphatic carbocycles. The van der Waals surface area contributed by atoms with Crippen molar-refractivity contribution in [1.82, 2.24) is 24.9 Å².